The molecule has 20 heavy (non-hydrogen) atoms. The molecule has 0 heterocycles. The molecule has 1 unspecified atom stereocenters. The van der Waals surface area contributed by atoms with Crippen LogP contribution in [0.2, 0.25) is 0 Å². The fourth-order valence-corrected chi connectivity index (χ4v) is 3.60. The van der Waals surface area contributed by atoms with Crippen molar-refractivity contribution in [3.8, 4) is 0 Å². The molecule has 1 atom stereocenters. The summed E-state index contributed by atoms with van der Waals surface area (Å²) in [7, 11) is -1.99. The highest BCUT2D eigenvalue weighted by molar-refractivity contribution is 7.89. The topological polar surface area (TPSA) is 72.6 Å². The van der Waals surface area contributed by atoms with Crippen molar-refractivity contribution in [3.05, 3.63) is 23.8 Å². The van der Waals surface area contributed by atoms with E-state index in [1.54, 1.807) is 19.2 Å². The molecule has 0 aliphatic rings. The van der Waals surface area contributed by atoms with E-state index >= 15 is 0 Å². The fourth-order valence-electron chi connectivity index (χ4n) is 1.88. The van der Waals surface area contributed by atoms with Crippen LogP contribution in [0.4, 0.5) is 5.69 Å². The lowest BCUT2D eigenvalue weighted by atomic mass is 10.2. The van der Waals surface area contributed by atoms with Crippen LogP contribution in [0.3, 0.4) is 0 Å². The maximum atomic E-state index is 12.7. The molecule has 0 aromatic heterocycles. The smallest absolute Gasteiger partial charge is 0.243 e. The molecule has 0 radical (unpaired) electrons. The summed E-state index contributed by atoms with van der Waals surface area (Å²) in [5, 5.41) is 0. The fraction of sp³-hybridized carbons (Fsp3) is 0.571. The van der Waals surface area contributed by atoms with E-state index < -0.39 is 10.0 Å². The number of hydrogen-bond donors (Lipinski definition) is 1. The first-order valence-corrected chi connectivity index (χ1v) is 8.15. The second-order valence-electron chi connectivity index (χ2n) is 4.88. The number of benzene rings is 1. The monoisotopic (exact) mass is 300 g/mol. The van der Waals surface area contributed by atoms with E-state index in [0.717, 1.165) is 12.0 Å². The number of nitrogens with zero attached hydrogens (tertiary/aromatic N) is 1. The SMILES string of the molecule is CCC(C)N(CCOC)S(=O)(=O)c1ccc(C)c(N)c1. The molecule has 1 aromatic rings. The molecule has 0 saturated heterocycles. The zero-order valence-electron chi connectivity index (χ0n) is 12.6. The predicted molar refractivity (Wildman–Crippen MR) is 81.1 cm³/mol. The molecule has 0 aliphatic carbocycles. The van der Waals surface area contributed by atoms with Gasteiger partial charge in [-0.25, -0.2) is 8.42 Å². The summed E-state index contributed by atoms with van der Waals surface area (Å²) in [6.45, 7) is 6.41. The first kappa shape index (κ1) is 16.9. The maximum absolute atomic E-state index is 12.7. The Hall–Kier alpha value is -1.11. The molecule has 0 spiro atoms. The van der Waals surface area contributed by atoms with E-state index in [-0.39, 0.29) is 10.9 Å². The third kappa shape index (κ3) is 3.71. The van der Waals surface area contributed by atoms with Crippen LogP contribution in [0.15, 0.2) is 23.1 Å². The number of methoxy groups -OCH3 is 1. The normalized spacial score (nSPS) is 13.7. The Kier molecular flexibility index (Phi) is 5.98. The quantitative estimate of drug-likeness (QED) is 0.782. The molecule has 6 heteroatoms. The minimum atomic E-state index is -3.55. The van der Waals surface area contributed by atoms with Crippen molar-refractivity contribution in [1.29, 1.82) is 0 Å². The van der Waals surface area contributed by atoms with Gasteiger partial charge < -0.3 is 10.5 Å². The van der Waals surface area contributed by atoms with Crippen LogP contribution in [0, 0.1) is 6.92 Å². The van der Waals surface area contributed by atoms with Crippen molar-refractivity contribution >= 4 is 15.7 Å². The third-order valence-corrected chi connectivity index (χ3v) is 5.47. The Morgan fingerprint density at radius 3 is 2.55 bits per heavy atom. The number of aryl methyl sites for hydroxylation is 1. The van der Waals surface area contributed by atoms with Crippen molar-refractivity contribution in [3.63, 3.8) is 0 Å². The van der Waals surface area contributed by atoms with Gasteiger partial charge in [-0.05, 0) is 38.0 Å². The van der Waals surface area contributed by atoms with Gasteiger partial charge in [0.2, 0.25) is 10.0 Å². The van der Waals surface area contributed by atoms with Gasteiger partial charge in [0.25, 0.3) is 0 Å². The van der Waals surface area contributed by atoms with Gasteiger partial charge in [0.1, 0.15) is 0 Å². The molecule has 5 nitrogen and oxygen atoms in total. The molecule has 2 N–H and O–H groups in total. The minimum Gasteiger partial charge on any atom is -0.398 e. The van der Waals surface area contributed by atoms with Crippen LogP contribution in [0.1, 0.15) is 25.8 Å². The Labute approximate surface area is 121 Å². The van der Waals surface area contributed by atoms with Gasteiger partial charge in [0, 0.05) is 25.4 Å². The summed E-state index contributed by atoms with van der Waals surface area (Å²) in [6, 6.07) is 4.77. The first-order chi connectivity index (χ1) is 9.34. The number of nitrogens with two attached hydrogens (primary N) is 1. The van der Waals surface area contributed by atoms with Crippen LogP contribution in [-0.4, -0.2) is 39.0 Å². The predicted octanol–water partition coefficient (Wildman–Crippen LogP) is 2.01. The Balaban J connectivity index is 3.17. The van der Waals surface area contributed by atoms with Gasteiger partial charge in [-0.3, -0.25) is 0 Å². The van der Waals surface area contributed by atoms with Crippen LogP contribution in [0.25, 0.3) is 0 Å². The lowest BCUT2D eigenvalue weighted by Gasteiger charge is -2.27. The van der Waals surface area contributed by atoms with Crippen molar-refractivity contribution in [1.82, 2.24) is 4.31 Å². The summed E-state index contributed by atoms with van der Waals surface area (Å²) >= 11 is 0. The van der Waals surface area contributed by atoms with Gasteiger partial charge in [-0.1, -0.05) is 13.0 Å². The van der Waals surface area contributed by atoms with Crippen molar-refractivity contribution in [2.24, 2.45) is 0 Å². The molecule has 0 aliphatic heterocycles. The highest BCUT2D eigenvalue weighted by Gasteiger charge is 2.28. The maximum Gasteiger partial charge on any atom is 0.243 e. The number of ether oxygens (including phenoxy) is 1. The number of nitrogen functional groups attached to an aromatic ring is 1. The largest absolute Gasteiger partial charge is 0.398 e. The van der Waals surface area contributed by atoms with Gasteiger partial charge in [-0.15, -0.1) is 0 Å². The lowest BCUT2D eigenvalue weighted by Crippen LogP contribution is -2.40. The molecular weight excluding hydrogens is 276 g/mol. The second kappa shape index (κ2) is 7.06. The van der Waals surface area contributed by atoms with E-state index in [0.29, 0.717) is 18.8 Å². The van der Waals surface area contributed by atoms with Crippen LogP contribution in [-0.2, 0) is 14.8 Å². The summed E-state index contributed by atoms with van der Waals surface area (Å²) < 4.78 is 31.9. The second-order valence-corrected chi connectivity index (χ2v) is 6.77. The third-order valence-electron chi connectivity index (χ3n) is 3.46. The molecule has 0 saturated carbocycles. The minimum absolute atomic E-state index is 0.0855. The van der Waals surface area contributed by atoms with Crippen LogP contribution < -0.4 is 5.73 Å². The van der Waals surface area contributed by atoms with E-state index in [1.807, 2.05) is 20.8 Å². The first-order valence-electron chi connectivity index (χ1n) is 6.71. The molecule has 1 aromatic carbocycles. The Bertz CT molecular complexity index is 543. The average molecular weight is 300 g/mol. The van der Waals surface area contributed by atoms with Gasteiger partial charge in [-0.2, -0.15) is 4.31 Å². The van der Waals surface area contributed by atoms with Gasteiger partial charge >= 0.3 is 0 Å². The molecule has 114 valence electrons. The summed E-state index contributed by atoms with van der Waals surface area (Å²) in [4.78, 5) is 0.233. The van der Waals surface area contributed by atoms with E-state index in [4.69, 9.17) is 10.5 Å². The zero-order chi connectivity index (χ0) is 15.3. The number of anilines is 1. The molecule has 0 bridgehead atoms. The number of hydrogen-bond acceptors (Lipinski definition) is 4. The van der Waals surface area contributed by atoms with Crippen molar-refractivity contribution < 1.29 is 13.2 Å². The standard InChI is InChI=1S/C14H24N2O3S/c1-5-12(3)16(8-9-19-4)20(17,18)13-7-6-11(2)14(15)10-13/h6-7,10,12H,5,8-9,15H2,1-4H3. The number of sulfonamides is 1. The Morgan fingerprint density at radius 2 is 2.05 bits per heavy atom. The summed E-state index contributed by atoms with van der Waals surface area (Å²) in [6.07, 6.45) is 0.740. The lowest BCUT2D eigenvalue weighted by molar-refractivity contribution is 0.167. The molecular formula is C14H24N2O3S. The van der Waals surface area contributed by atoms with Gasteiger partial charge in [0.05, 0.1) is 11.5 Å². The Morgan fingerprint density at radius 1 is 1.40 bits per heavy atom. The van der Waals surface area contributed by atoms with Crippen molar-refractivity contribution in [2.75, 3.05) is 26.0 Å². The highest BCUT2D eigenvalue weighted by Crippen LogP contribution is 2.23. The van der Waals surface area contributed by atoms with Gasteiger partial charge in [0.15, 0.2) is 0 Å². The van der Waals surface area contributed by atoms with Crippen LogP contribution in [0.5, 0.6) is 0 Å². The highest BCUT2D eigenvalue weighted by atomic mass is 32.2. The summed E-state index contributed by atoms with van der Waals surface area (Å²) in [5.41, 5.74) is 7.18. The molecule has 1 rings (SSSR count). The van der Waals surface area contributed by atoms with E-state index in [2.05, 4.69) is 0 Å². The van der Waals surface area contributed by atoms with Crippen molar-refractivity contribution in [2.45, 2.75) is 38.1 Å². The average Bonchev–Trinajstić information content (AvgIpc) is 2.41. The number of rotatable bonds is 7. The molecule has 0 amide bonds. The van der Waals surface area contributed by atoms with E-state index in [1.165, 1.54) is 10.4 Å². The zero-order valence-corrected chi connectivity index (χ0v) is 13.4. The molecule has 0 fully saturated rings. The van der Waals surface area contributed by atoms with Crippen LogP contribution >= 0.6 is 0 Å². The van der Waals surface area contributed by atoms with E-state index in [9.17, 15) is 8.42 Å². The summed E-state index contributed by atoms with van der Waals surface area (Å²) in [5.74, 6) is 0.